The first kappa shape index (κ1) is 31.7. The highest BCUT2D eigenvalue weighted by molar-refractivity contribution is 9.09. The van der Waals surface area contributed by atoms with Crippen LogP contribution in [0.15, 0.2) is 60.9 Å². The zero-order valence-electron chi connectivity index (χ0n) is 20.4. The monoisotopic (exact) mass is 656 g/mol. The zero-order chi connectivity index (χ0) is 30.8. The van der Waals surface area contributed by atoms with Gasteiger partial charge in [0.2, 0.25) is 9.49 Å². The van der Waals surface area contributed by atoms with Gasteiger partial charge in [0.25, 0.3) is 0 Å². The van der Waals surface area contributed by atoms with Crippen LogP contribution in [-0.2, 0) is 23.6 Å². The van der Waals surface area contributed by atoms with E-state index < -0.39 is 87.5 Å². The van der Waals surface area contributed by atoms with E-state index in [1.165, 1.54) is 24.3 Å². The SMILES string of the molecule is Cn1cc(C(SSSC(c2cn(C)c3ccccc23)(C(F)(F)F)C(F)(F)F)(C(F)(F)F)C(F)(F)F)c2ccccc21. The number of aryl methyl sites for hydroxylation is 2. The molecule has 0 radical (unpaired) electrons. The Labute approximate surface area is 235 Å². The molecule has 17 heteroatoms. The van der Waals surface area contributed by atoms with E-state index in [1.807, 2.05) is 0 Å². The van der Waals surface area contributed by atoms with E-state index >= 15 is 0 Å². The number of halogens is 12. The lowest BCUT2D eigenvalue weighted by Crippen LogP contribution is -2.52. The van der Waals surface area contributed by atoms with Crippen LogP contribution in [0.3, 0.4) is 0 Å². The maximum Gasteiger partial charge on any atom is 0.417 e. The molecular weight excluding hydrogens is 640 g/mol. The second-order valence-electron chi connectivity index (χ2n) is 8.93. The molecule has 0 atom stereocenters. The molecule has 0 saturated carbocycles. The van der Waals surface area contributed by atoms with E-state index in [0.717, 1.165) is 47.5 Å². The van der Waals surface area contributed by atoms with E-state index in [-0.39, 0.29) is 11.0 Å². The molecule has 2 aromatic heterocycles. The van der Waals surface area contributed by atoms with Gasteiger partial charge >= 0.3 is 24.7 Å². The first-order chi connectivity index (χ1) is 18.7. The summed E-state index contributed by atoms with van der Waals surface area (Å²) in [7, 11) is -0.863. The summed E-state index contributed by atoms with van der Waals surface area (Å²) in [6.07, 6.45) is -23.7. The van der Waals surface area contributed by atoms with Crippen LogP contribution >= 0.6 is 31.4 Å². The molecule has 0 spiro atoms. The molecule has 2 nitrogen and oxygen atoms in total. The van der Waals surface area contributed by atoms with E-state index in [0.29, 0.717) is 12.4 Å². The molecule has 0 aliphatic carbocycles. The number of nitrogens with zero attached hydrogens (tertiary/aromatic N) is 2. The normalized spacial score (nSPS) is 14.4. The summed E-state index contributed by atoms with van der Waals surface area (Å²) >= 11 is 0. The minimum atomic E-state index is -6.19. The Morgan fingerprint density at radius 3 is 1.07 bits per heavy atom. The number of rotatable bonds is 6. The predicted molar refractivity (Wildman–Crippen MR) is 136 cm³/mol. The summed E-state index contributed by atoms with van der Waals surface area (Å²) in [4.78, 5) is 0. The minimum Gasteiger partial charge on any atom is -0.350 e. The van der Waals surface area contributed by atoms with Crippen LogP contribution in [0.1, 0.15) is 11.1 Å². The van der Waals surface area contributed by atoms with Gasteiger partial charge in [0.15, 0.2) is 0 Å². The van der Waals surface area contributed by atoms with Crippen molar-refractivity contribution >= 4 is 53.2 Å². The maximum absolute atomic E-state index is 14.5. The molecule has 0 saturated heterocycles. The van der Waals surface area contributed by atoms with Crippen molar-refractivity contribution < 1.29 is 52.7 Å². The van der Waals surface area contributed by atoms with Crippen molar-refractivity contribution in [3.05, 3.63) is 72.1 Å². The van der Waals surface area contributed by atoms with Gasteiger partial charge in [0, 0.05) is 59.4 Å². The lowest BCUT2D eigenvalue weighted by molar-refractivity contribution is -0.269. The van der Waals surface area contributed by atoms with Crippen LogP contribution in [0.2, 0.25) is 0 Å². The van der Waals surface area contributed by atoms with Gasteiger partial charge in [-0.15, -0.1) is 0 Å². The molecule has 2 heterocycles. The van der Waals surface area contributed by atoms with Gasteiger partial charge in [-0.1, -0.05) is 58.0 Å². The molecule has 0 unspecified atom stereocenters. The predicted octanol–water partition coefficient (Wildman–Crippen LogP) is 10.0. The Balaban J connectivity index is 1.92. The third kappa shape index (κ3) is 4.84. The molecule has 2 aromatic carbocycles. The first-order valence-corrected chi connectivity index (χ1v) is 14.6. The number of fused-ring (bicyclic) bond motifs is 2. The Morgan fingerprint density at radius 2 is 0.780 bits per heavy atom. The van der Waals surface area contributed by atoms with Crippen LogP contribution in [0.5, 0.6) is 0 Å². The van der Waals surface area contributed by atoms with Crippen molar-refractivity contribution in [2.45, 2.75) is 34.2 Å². The summed E-state index contributed by atoms with van der Waals surface area (Å²) in [5.41, 5.74) is -2.87. The minimum absolute atomic E-state index is 0.0608. The molecule has 41 heavy (non-hydrogen) atoms. The topological polar surface area (TPSA) is 9.86 Å². The fraction of sp³-hybridized carbons (Fsp3) is 0.333. The lowest BCUT2D eigenvalue weighted by Gasteiger charge is -2.39. The Bertz CT molecular complexity index is 1420. The second-order valence-corrected chi connectivity index (χ2v) is 13.3. The third-order valence-electron chi connectivity index (χ3n) is 6.47. The molecule has 0 amide bonds. The van der Waals surface area contributed by atoms with E-state index in [9.17, 15) is 52.7 Å². The summed E-state index contributed by atoms with van der Waals surface area (Å²) in [6, 6.07) is 9.38. The molecule has 0 N–H and O–H groups in total. The number of hydrogen-bond acceptors (Lipinski definition) is 3. The number of benzene rings is 2. The van der Waals surface area contributed by atoms with Gasteiger partial charge in [-0.2, -0.15) is 52.7 Å². The molecular formula is C24H16F12N2S3. The highest BCUT2D eigenvalue weighted by atomic mass is 33.5. The molecule has 4 aromatic rings. The molecule has 224 valence electrons. The fourth-order valence-electron chi connectivity index (χ4n) is 4.57. The van der Waals surface area contributed by atoms with Gasteiger partial charge < -0.3 is 9.13 Å². The molecule has 0 aliphatic heterocycles. The Hall–Kier alpha value is -2.27. The van der Waals surface area contributed by atoms with Crippen LogP contribution in [-0.4, -0.2) is 33.8 Å². The fourth-order valence-corrected chi connectivity index (χ4v) is 10.2. The lowest BCUT2D eigenvalue weighted by atomic mass is 9.96. The van der Waals surface area contributed by atoms with Gasteiger partial charge in [0.05, 0.1) is 0 Å². The van der Waals surface area contributed by atoms with Crippen LogP contribution < -0.4 is 0 Å². The molecule has 0 fully saturated rings. The first-order valence-electron chi connectivity index (χ1n) is 11.1. The van der Waals surface area contributed by atoms with Crippen molar-refractivity contribution in [3.63, 3.8) is 0 Å². The number of alkyl halides is 12. The van der Waals surface area contributed by atoms with Crippen LogP contribution in [0, 0.1) is 0 Å². The molecule has 4 rings (SSSR count). The van der Waals surface area contributed by atoms with E-state index in [2.05, 4.69) is 0 Å². The van der Waals surface area contributed by atoms with E-state index in [4.69, 9.17) is 0 Å². The standard InChI is InChI=1S/C24H16F12N2S3/c1-37-11-15(13-7-3-5-9-17(13)37)19(21(25,26)27,22(28,29)30)39-41-40-20(23(31,32)33,24(34,35)36)16-12-38(2)18-10-6-4-8-14(16)18/h3-12H,1-2H3. The summed E-state index contributed by atoms with van der Waals surface area (Å²) < 4.78 is 166. The van der Waals surface area contributed by atoms with Crippen LogP contribution in [0.25, 0.3) is 21.8 Å². The average Bonchev–Trinajstić information content (AvgIpc) is 3.33. The summed E-state index contributed by atoms with van der Waals surface area (Å²) in [5, 5.41) is -1.04. The van der Waals surface area contributed by atoms with Crippen molar-refractivity contribution in [1.82, 2.24) is 9.13 Å². The highest BCUT2D eigenvalue weighted by Crippen LogP contribution is 2.70. The number of hydrogen-bond donors (Lipinski definition) is 0. The number of para-hydroxylation sites is 2. The quantitative estimate of drug-likeness (QED) is 0.151. The van der Waals surface area contributed by atoms with Crippen LogP contribution in [0.4, 0.5) is 52.7 Å². The van der Waals surface area contributed by atoms with E-state index in [1.54, 1.807) is 0 Å². The summed E-state index contributed by atoms with van der Waals surface area (Å²) in [5.74, 6) is 0. The zero-order valence-corrected chi connectivity index (χ0v) is 22.9. The smallest absolute Gasteiger partial charge is 0.350 e. The van der Waals surface area contributed by atoms with Gasteiger partial charge in [-0.25, -0.2) is 0 Å². The Morgan fingerprint density at radius 1 is 0.488 bits per heavy atom. The van der Waals surface area contributed by atoms with Crippen molar-refractivity contribution in [3.8, 4) is 0 Å². The second kappa shape index (κ2) is 10.2. The van der Waals surface area contributed by atoms with Crippen molar-refractivity contribution in [2.24, 2.45) is 14.1 Å². The summed E-state index contributed by atoms with van der Waals surface area (Å²) in [6.45, 7) is 0. The van der Waals surface area contributed by atoms with Crippen molar-refractivity contribution in [2.75, 3.05) is 0 Å². The van der Waals surface area contributed by atoms with Gasteiger partial charge in [0.1, 0.15) is 0 Å². The number of aromatic nitrogens is 2. The molecule has 0 bridgehead atoms. The third-order valence-corrected chi connectivity index (χ3v) is 11.6. The average molecular weight is 657 g/mol. The largest absolute Gasteiger partial charge is 0.417 e. The van der Waals surface area contributed by atoms with Gasteiger partial charge in [-0.3, -0.25) is 0 Å². The van der Waals surface area contributed by atoms with Crippen molar-refractivity contribution in [1.29, 1.82) is 0 Å². The molecule has 0 aliphatic rings. The van der Waals surface area contributed by atoms with Gasteiger partial charge in [-0.05, 0) is 22.0 Å². The maximum atomic E-state index is 14.5. The highest BCUT2D eigenvalue weighted by Gasteiger charge is 2.76. The Kier molecular flexibility index (Phi) is 7.86.